The fourth-order valence-corrected chi connectivity index (χ4v) is 3.97. The van der Waals surface area contributed by atoms with Crippen molar-refractivity contribution in [1.82, 2.24) is 16.0 Å². The van der Waals surface area contributed by atoms with E-state index in [0.29, 0.717) is 24.9 Å². The van der Waals surface area contributed by atoms with Crippen LogP contribution in [0.25, 0.3) is 0 Å². The largest absolute Gasteiger partial charge is 0.356 e. The number of benzene rings is 1. The van der Waals surface area contributed by atoms with Gasteiger partial charge in [-0.2, -0.15) is 0 Å². The predicted octanol–water partition coefficient (Wildman–Crippen LogP) is 2.42. The normalized spacial score (nSPS) is 23.4. The van der Waals surface area contributed by atoms with Crippen LogP contribution in [0, 0.1) is 17.8 Å². The number of nitrogens with one attached hydrogen (secondary N) is 3. The maximum Gasteiger partial charge on any atom is 0.314 e. The first-order valence-corrected chi connectivity index (χ1v) is 9.45. The van der Waals surface area contributed by atoms with Crippen LogP contribution in [0.3, 0.4) is 0 Å². The predicted molar refractivity (Wildman–Crippen MR) is 98.4 cm³/mol. The van der Waals surface area contributed by atoms with Crippen LogP contribution in [-0.4, -0.2) is 31.6 Å². The van der Waals surface area contributed by atoms with Crippen molar-refractivity contribution in [2.45, 2.75) is 39.0 Å². The van der Waals surface area contributed by atoms with E-state index < -0.39 is 0 Å². The third-order valence-electron chi connectivity index (χ3n) is 5.45. The second-order valence-corrected chi connectivity index (χ2v) is 7.53. The summed E-state index contributed by atoms with van der Waals surface area (Å²) in [4.78, 5) is 23.3. The number of rotatable bonds is 7. The molecule has 2 aliphatic carbocycles. The van der Waals surface area contributed by atoms with Crippen molar-refractivity contribution in [2.75, 3.05) is 19.6 Å². The quantitative estimate of drug-likeness (QED) is 0.666. The number of hydrogen-bond acceptors (Lipinski definition) is 2. The Labute approximate surface area is 150 Å². The number of urea groups is 1. The van der Waals surface area contributed by atoms with E-state index in [4.69, 9.17) is 0 Å². The Hall–Kier alpha value is -2.04. The molecule has 5 heteroatoms. The zero-order chi connectivity index (χ0) is 17.8. The zero-order valence-electron chi connectivity index (χ0n) is 15.2. The van der Waals surface area contributed by atoms with Gasteiger partial charge in [-0.3, -0.25) is 4.79 Å². The molecule has 136 valence electrons. The minimum Gasteiger partial charge on any atom is -0.356 e. The van der Waals surface area contributed by atoms with Crippen LogP contribution >= 0.6 is 0 Å². The minimum atomic E-state index is -0.105. The molecule has 1 fully saturated rings. The molecule has 0 bridgehead atoms. The average molecular weight is 343 g/mol. The Bertz CT molecular complexity index is 629. The van der Waals surface area contributed by atoms with Crippen molar-refractivity contribution in [3.05, 3.63) is 35.4 Å². The van der Waals surface area contributed by atoms with Crippen LogP contribution in [0.5, 0.6) is 0 Å². The smallest absolute Gasteiger partial charge is 0.314 e. The summed E-state index contributed by atoms with van der Waals surface area (Å²) in [6.45, 7) is 5.66. The lowest BCUT2D eigenvalue weighted by Crippen LogP contribution is -2.38. The van der Waals surface area contributed by atoms with Crippen molar-refractivity contribution < 1.29 is 9.59 Å². The lowest BCUT2D eigenvalue weighted by molar-refractivity contribution is -0.123. The van der Waals surface area contributed by atoms with Gasteiger partial charge in [-0.15, -0.1) is 0 Å². The Morgan fingerprint density at radius 1 is 1.12 bits per heavy atom. The number of hydrogen-bond donors (Lipinski definition) is 3. The minimum absolute atomic E-state index is 0.00321. The lowest BCUT2D eigenvalue weighted by Gasteiger charge is -2.13. The van der Waals surface area contributed by atoms with Crippen molar-refractivity contribution in [2.24, 2.45) is 17.8 Å². The van der Waals surface area contributed by atoms with Crippen molar-refractivity contribution >= 4 is 11.9 Å². The van der Waals surface area contributed by atoms with Crippen molar-refractivity contribution in [3.8, 4) is 0 Å². The molecule has 3 atom stereocenters. The van der Waals surface area contributed by atoms with Crippen molar-refractivity contribution in [1.29, 1.82) is 0 Å². The molecular formula is C20H29N3O2. The first-order chi connectivity index (χ1) is 12.1. The fourth-order valence-electron chi connectivity index (χ4n) is 3.97. The van der Waals surface area contributed by atoms with E-state index >= 15 is 0 Å². The van der Waals surface area contributed by atoms with E-state index in [1.54, 1.807) is 0 Å². The summed E-state index contributed by atoms with van der Waals surface area (Å²) in [5.41, 5.74) is 2.98. The summed E-state index contributed by atoms with van der Waals surface area (Å²) in [6.07, 6.45) is 3.15. The van der Waals surface area contributed by atoms with E-state index in [1.807, 2.05) is 13.8 Å². The highest BCUT2D eigenvalue weighted by Crippen LogP contribution is 2.59. The van der Waals surface area contributed by atoms with Crippen LogP contribution in [0.2, 0.25) is 0 Å². The summed E-state index contributed by atoms with van der Waals surface area (Å²) in [6, 6.07) is 8.62. The van der Waals surface area contributed by atoms with Gasteiger partial charge >= 0.3 is 6.03 Å². The van der Waals surface area contributed by atoms with Gasteiger partial charge in [0.05, 0.1) is 0 Å². The molecule has 0 saturated heterocycles. The third kappa shape index (κ3) is 4.33. The SMILES string of the molecule is CC(C)C(=O)NCCCNC(=O)NC[C@@H]1[C@H]2CCc3ccccc3[C@H]21. The Kier molecular flexibility index (Phi) is 5.61. The Balaban J connectivity index is 1.31. The number of carbonyl (C=O) groups excluding carboxylic acids is 2. The van der Waals surface area contributed by atoms with E-state index in [9.17, 15) is 9.59 Å². The Morgan fingerprint density at radius 3 is 2.68 bits per heavy atom. The van der Waals surface area contributed by atoms with E-state index in [2.05, 4.69) is 40.2 Å². The van der Waals surface area contributed by atoms with Gasteiger partial charge in [0.1, 0.15) is 0 Å². The monoisotopic (exact) mass is 343 g/mol. The standard InChI is InChI=1S/C20H29N3O2/c1-13(2)19(24)21-10-5-11-22-20(25)23-12-17-16-9-8-14-6-3-4-7-15(14)18(16)17/h3-4,6-7,13,16-18H,5,8-12H2,1-2H3,(H,21,24)(H2,22,23,25)/t16-,17-,18-/m1/s1. The van der Waals surface area contributed by atoms with Gasteiger partial charge in [0.2, 0.25) is 5.91 Å². The number of carbonyl (C=O) groups is 2. The molecule has 1 aromatic rings. The molecule has 3 N–H and O–H groups in total. The maximum absolute atomic E-state index is 11.9. The highest BCUT2D eigenvalue weighted by Gasteiger charge is 2.52. The highest BCUT2D eigenvalue weighted by molar-refractivity contribution is 5.77. The molecule has 0 aliphatic heterocycles. The molecule has 1 aromatic carbocycles. The number of fused-ring (bicyclic) bond motifs is 3. The van der Waals surface area contributed by atoms with Crippen LogP contribution in [0.1, 0.15) is 43.7 Å². The molecule has 25 heavy (non-hydrogen) atoms. The summed E-state index contributed by atoms with van der Waals surface area (Å²) < 4.78 is 0. The Morgan fingerprint density at radius 2 is 1.88 bits per heavy atom. The van der Waals surface area contributed by atoms with E-state index in [1.165, 1.54) is 24.0 Å². The summed E-state index contributed by atoms with van der Waals surface area (Å²) >= 11 is 0. The average Bonchev–Trinajstić information content (AvgIpc) is 3.33. The van der Waals surface area contributed by atoms with E-state index in [0.717, 1.165) is 18.9 Å². The topological polar surface area (TPSA) is 70.2 Å². The van der Waals surface area contributed by atoms with Gasteiger partial charge in [-0.1, -0.05) is 38.1 Å². The maximum atomic E-state index is 11.9. The molecular weight excluding hydrogens is 314 g/mol. The molecule has 0 spiro atoms. The molecule has 0 heterocycles. The molecule has 5 nitrogen and oxygen atoms in total. The van der Waals surface area contributed by atoms with Gasteiger partial charge in [0.25, 0.3) is 0 Å². The summed E-state index contributed by atoms with van der Waals surface area (Å²) in [5, 5.41) is 8.73. The molecule has 3 rings (SSSR count). The summed E-state index contributed by atoms with van der Waals surface area (Å²) in [5.74, 6) is 2.02. The first kappa shape index (κ1) is 17.8. The molecule has 0 radical (unpaired) electrons. The second-order valence-electron chi connectivity index (χ2n) is 7.53. The van der Waals surface area contributed by atoms with Crippen LogP contribution in [0.4, 0.5) is 4.79 Å². The van der Waals surface area contributed by atoms with Gasteiger partial charge < -0.3 is 16.0 Å². The van der Waals surface area contributed by atoms with Crippen LogP contribution < -0.4 is 16.0 Å². The highest BCUT2D eigenvalue weighted by atomic mass is 16.2. The molecule has 0 unspecified atom stereocenters. The zero-order valence-corrected chi connectivity index (χ0v) is 15.2. The van der Waals surface area contributed by atoms with Gasteiger partial charge in [-0.05, 0) is 48.1 Å². The molecule has 3 amide bonds. The van der Waals surface area contributed by atoms with Gasteiger partial charge in [0, 0.05) is 25.6 Å². The molecule has 0 aromatic heterocycles. The van der Waals surface area contributed by atoms with Gasteiger partial charge in [-0.25, -0.2) is 4.79 Å². The second kappa shape index (κ2) is 7.89. The lowest BCUT2D eigenvalue weighted by atomic mass is 9.92. The summed E-state index contributed by atoms with van der Waals surface area (Å²) in [7, 11) is 0. The fraction of sp³-hybridized carbons (Fsp3) is 0.600. The third-order valence-corrected chi connectivity index (χ3v) is 5.45. The molecule has 1 saturated carbocycles. The van der Waals surface area contributed by atoms with Gasteiger partial charge in [0.15, 0.2) is 0 Å². The number of amides is 3. The van der Waals surface area contributed by atoms with E-state index in [-0.39, 0.29) is 17.9 Å². The first-order valence-electron chi connectivity index (χ1n) is 9.45. The molecule has 2 aliphatic rings. The van der Waals surface area contributed by atoms with Crippen molar-refractivity contribution in [3.63, 3.8) is 0 Å². The van der Waals surface area contributed by atoms with Crippen LogP contribution in [0.15, 0.2) is 24.3 Å². The number of aryl methyl sites for hydroxylation is 1. The van der Waals surface area contributed by atoms with Crippen LogP contribution in [-0.2, 0) is 11.2 Å².